The van der Waals surface area contributed by atoms with Crippen molar-refractivity contribution in [2.24, 2.45) is 0 Å². The maximum atomic E-state index is 5.69. The van der Waals surface area contributed by atoms with Crippen molar-refractivity contribution in [3.8, 4) is 6.01 Å². The van der Waals surface area contributed by atoms with Gasteiger partial charge in [0.15, 0.2) is 0 Å². The Kier molecular flexibility index (Phi) is 5.10. The molecular formula is C9H15ClN4O. The van der Waals surface area contributed by atoms with E-state index in [1.807, 2.05) is 0 Å². The Balaban J connectivity index is 2.49. The molecule has 6 heteroatoms. The van der Waals surface area contributed by atoms with Gasteiger partial charge in [-0.1, -0.05) is 19.8 Å². The molecule has 0 aliphatic rings. The third-order valence-electron chi connectivity index (χ3n) is 1.79. The standard InChI is InChI=1S/C9H15ClN4O/c1-3-4-5-6-15-9-13-7(10)12-8(11-2)14-9/h3-6H2,1-2H3,(H,11,12,13,14). The lowest BCUT2D eigenvalue weighted by atomic mass is 10.3. The van der Waals surface area contributed by atoms with Crippen LogP contribution in [0, 0.1) is 0 Å². The molecule has 0 aromatic carbocycles. The molecule has 1 heterocycles. The van der Waals surface area contributed by atoms with Crippen LogP contribution in [-0.2, 0) is 0 Å². The highest BCUT2D eigenvalue weighted by Crippen LogP contribution is 2.11. The van der Waals surface area contributed by atoms with Gasteiger partial charge in [0.05, 0.1) is 6.61 Å². The Morgan fingerprint density at radius 2 is 2.07 bits per heavy atom. The number of unbranched alkanes of at least 4 members (excludes halogenated alkanes) is 2. The first-order valence-electron chi connectivity index (χ1n) is 4.98. The highest BCUT2D eigenvalue weighted by Gasteiger charge is 2.03. The number of nitrogens with zero attached hydrogens (tertiary/aromatic N) is 3. The van der Waals surface area contributed by atoms with Gasteiger partial charge in [0.2, 0.25) is 11.2 Å². The molecule has 0 spiro atoms. The topological polar surface area (TPSA) is 59.9 Å². The normalized spacial score (nSPS) is 10.1. The molecule has 15 heavy (non-hydrogen) atoms. The van der Waals surface area contributed by atoms with Crippen LogP contribution < -0.4 is 10.1 Å². The van der Waals surface area contributed by atoms with E-state index in [2.05, 4.69) is 27.2 Å². The molecule has 0 aliphatic carbocycles. The van der Waals surface area contributed by atoms with Crippen molar-refractivity contribution < 1.29 is 4.74 Å². The minimum atomic E-state index is 0.139. The van der Waals surface area contributed by atoms with Crippen LogP contribution in [-0.4, -0.2) is 28.6 Å². The predicted molar refractivity (Wildman–Crippen MR) is 59.4 cm³/mol. The van der Waals surface area contributed by atoms with Crippen LogP contribution in [0.1, 0.15) is 26.2 Å². The molecule has 0 unspecified atom stereocenters. The summed E-state index contributed by atoms with van der Waals surface area (Å²) in [5.74, 6) is 0.417. The molecule has 0 atom stereocenters. The molecular weight excluding hydrogens is 216 g/mol. The number of hydrogen-bond donors (Lipinski definition) is 1. The van der Waals surface area contributed by atoms with E-state index in [9.17, 15) is 0 Å². The van der Waals surface area contributed by atoms with Gasteiger partial charge in [0.1, 0.15) is 0 Å². The number of anilines is 1. The molecule has 5 nitrogen and oxygen atoms in total. The molecule has 84 valence electrons. The molecule has 0 amide bonds. The minimum Gasteiger partial charge on any atom is -0.463 e. The number of rotatable bonds is 6. The van der Waals surface area contributed by atoms with Crippen LogP contribution in [0.3, 0.4) is 0 Å². The van der Waals surface area contributed by atoms with Crippen molar-refractivity contribution in [1.29, 1.82) is 0 Å². The van der Waals surface area contributed by atoms with Gasteiger partial charge in [-0.15, -0.1) is 0 Å². The van der Waals surface area contributed by atoms with E-state index < -0.39 is 0 Å². The molecule has 1 N–H and O–H groups in total. The Morgan fingerprint density at radius 1 is 1.27 bits per heavy atom. The van der Waals surface area contributed by atoms with Crippen LogP contribution in [0.5, 0.6) is 6.01 Å². The second-order valence-electron chi connectivity index (χ2n) is 3.02. The first-order chi connectivity index (χ1) is 7.26. The van der Waals surface area contributed by atoms with Crippen LogP contribution in [0.2, 0.25) is 5.28 Å². The van der Waals surface area contributed by atoms with Crippen LogP contribution in [0.25, 0.3) is 0 Å². The summed E-state index contributed by atoms with van der Waals surface area (Å²) in [7, 11) is 1.71. The summed E-state index contributed by atoms with van der Waals surface area (Å²) in [4.78, 5) is 11.7. The monoisotopic (exact) mass is 230 g/mol. The van der Waals surface area contributed by atoms with Crippen molar-refractivity contribution in [1.82, 2.24) is 15.0 Å². The molecule has 0 saturated carbocycles. The average molecular weight is 231 g/mol. The Morgan fingerprint density at radius 3 is 2.73 bits per heavy atom. The highest BCUT2D eigenvalue weighted by molar-refractivity contribution is 6.28. The molecule has 0 aliphatic heterocycles. The zero-order chi connectivity index (χ0) is 11.1. The molecule has 0 radical (unpaired) electrons. The van der Waals surface area contributed by atoms with Gasteiger partial charge in [0, 0.05) is 7.05 Å². The Bertz CT molecular complexity index is 308. The molecule has 0 saturated heterocycles. The van der Waals surface area contributed by atoms with Gasteiger partial charge in [0.25, 0.3) is 0 Å². The van der Waals surface area contributed by atoms with Crippen molar-refractivity contribution >= 4 is 17.5 Å². The third kappa shape index (κ3) is 4.29. The summed E-state index contributed by atoms with van der Waals surface area (Å²) >= 11 is 5.69. The van der Waals surface area contributed by atoms with E-state index in [0.29, 0.717) is 12.6 Å². The number of aromatic nitrogens is 3. The molecule has 1 rings (SSSR count). The summed E-state index contributed by atoms with van der Waals surface area (Å²) in [5.41, 5.74) is 0. The van der Waals surface area contributed by atoms with E-state index in [-0.39, 0.29) is 11.3 Å². The lowest BCUT2D eigenvalue weighted by molar-refractivity contribution is 0.282. The van der Waals surface area contributed by atoms with Crippen molar-refractivity contribution in [2.45, 2.75) is 26.2 Å². The minimum absolute atomic E-state index is 0.139. The van der Waals surface area contributed by atoms with E-state index in [1.165, 1.54) is 0 Å². The fraction of sp³-hybridized carbons (Fsp3) is 0.667. The Labute approximate surface area is 94.2 Å². The zero-order valence-electron chi connectivity index (χ0n) is 8.96. The summed E-state index contributed by atoms with van der Waals surface area (Å²) < 4.78 is 5.34. The summed E-state index contributed by atoms with van der Waals surface area (Å²) in [5, 5.41) is 2.92. The van der Waals surface area contributed by atoms with Crippen LogP contribution in [0.4, 0.5) is 5.95 Å². The maximum absolute atomic E-state index is 5.69. The third-order valence-corrected chi connectivity index (χ3v) is 1.96. The van der Waals surface area contributed by atoms with Gasteiger partial charge in [-0.3, -0.25) is 0 Å². The zero-order valence-corrected chi connectivity index (χ0v) is 9.71. The first kappa shape index (κ1) is 12.0. The lowest BCUT2D eigenvalue weighted by Gasteiger charge is -2.05. The molecule has 0 fully saturated rings. The summed E-state index contributed by atoms with van der Waals surface area (Å²) in [6.45, 7) is 2.75. The smallest absolute Gasteiger partial charge is 0.322 e. The first-order valence-corrected chi connectivity index (χ1v) is 5.36. The molecule has 1 aromatic rings. The average Bonchev–Trinajstić information content (AvgIpc) is 2.23. The van der Waals surface area contributed by atoms with Gasteiger partial charge in [-0.05, 0) is 18.0 Å². The second kappa shape index (κ2) is 6.40. The van der Waals surface area contributed by atoms with E-state index in [4.69, 9.17) is 16.3 Å². The molecule has 1 aromatic heterocycles. The van der Waals surface area contributed by atoms with Crippen LogP contribution >= 0.6 is 11.6 Å². The lowest BCUT2D eigenvalue weighted by Crippen LogP contribution is -2.05. The molecule has 0 bridgehead atoms. The second-order valence-corrected chi connectivity index (χ2v) is 3.35. The SMILES string of the molecule is CCCCCOc1nc(Cl)nc(NC)n1. The van der Waals surface area contributed by atoms with Gasteiger partial charge >= 0.3 is 6.01 Å². The van der Waals surface area contributed by atoms with Gasteiger partial charge in [-0.25, -0.2) is 0 Å². The van der Waals surface area contributed by atoms with Crippen molar-refractivity contribution in [3.63, 3.8) is 0 Å². The fourth-order valence-corrected chi connectivity index (χ4v) is 1.18. The van der Waals surface area contributed by atoms with Crippen molar-refractivity contribution in [2.75, 3.05) is 19.0 Å². The Hall–Kier alpha value is -1.10. The fourth-order valence-electron chi connectivity index (χ4n) is 1.02. The number of nitrogens with one attached hydrogen (secondary N) is 1. The quantitative estimate of drug-likeness (QED) is 0.759. The van der Waals surface area contributed by atoms with Gasteiger partial charge < -0.3 is 10.1 Å². The van der Waals surface area contributed by atoms with E-state index >= 15 is 0 Å². The number of halogens is 1. The van der Waals surface area contributed by atoms with Gasteiger partial charge in [-0.2, -0.15) is 15.0 Å². The summed E-state index contributed by atoms with van der Waals surface area (Å²) in [6.07, 6.45) is 3.29. The van der Waals surface area contributed by atoms with Crippen molar-refractivity contribution in [3.05, 3.63) is 5.28 Å². The highest BCUT2D eigenvalue weighted by atomic mass is 35.5. The van der Waals surface area contributed by atoms with Crippen LogP contribution in [0.15, 0.2) is 0 Å². The summed E-state index contributed by atoms with van der Waals surface area (Å²) in [6, 6.07) is 0.274. The number of hydrogen-bond acceptors (Lipinski definition) is 5. The van der Waals surface area contributed by atoms with E-state index in [1.54, 1.807) is 7.05 Å². The largest absolute Gasteiger partial charge is 0.463 e. The number of ether oxygens (including phenoxy) is 1. The van der Waals surface area contributed by atoms with E-state index in [0.717, 1.165) is 19.3 Å². The maximum Gasteiger partial charge on any atom is 0.322 e. The predicted octanol–water partition coefficient (Wildman–Crippen LogP) is 2.14.